The molecule has 0 bridgehead atoms. The van der Waals surface area contributed by atoms with Crippen molar-refractivity contribution in [3.63, 3.8) is 0 Å². The average molecular weight is 160 g/mol. The van der Waals surface area contributed by atoms with E-state index >= 15 is 0 Å². The number of aromatic nitrogens is 1. The molecule has 1 aromatic rings. The van der Waals surface area contributed by atoms with Gasteiger partial charge in [0.2, 0.25) is 0 Å². The number of allylic oxidation sites excluding steroid dienone is 1. The van der Waals surface area contributed by atoms with Crippen molar-refractivity contribution in [1.29, 1.82) is 0 Å². The van der Waals surface area contributed by atoms with Crippen molar-refractivity contribution in [3.05, 3.63) is 35.1 Å². The molecule has 2 radical (unpaired) electrons. The van der Waals surface area contributed by atoms with Crippen LogP contribution in [0, 0.1) is 0 Å². The Morgan fingerprint density at radius 2 is 2.50 bits per heavy atom. The van der Waals surface area contributed by atoms with Gasteiger partial charge in [0.15, 0.2) is 0 Å². The van der Waals surface area contributed by atoms with Crippen molar-refractivity contribution in [1.82, 2.24) is 10.5 Å². The van der Waals surface area contributed by atoms with Gasteiger partial charge in [-0.1, -0.05) is 18.1 Å². The monoisotopic (exact) mass is 160 g/mol. The Morgan fingerprint density at radius 1 is 1.75 bits per heavy atom. The highest BCUT2D eigenvalue weighted by molar-refractivity contribution is 6.40. The van der Waals surface area contributed by atoms with Crippen LogP contribution in [0.15, 0.2) is 24.5 Å². The summed E-state index contributed by atoms with van der Waals surface area (Å²) in [7, 11) is 5.65. The minimum atomic E-state index is 0.544. The van der Waals surface area contributed by atoms with Gasteiger partial charge in [0.05, 0.1) is 0 Å². The number of hydrogen-bond acceptors (Lipinski definition) is 2. The molecule has 0 saturated heterocycles. The highest BCUT2D eigenvalue weighted by Crippen LogP contribution is 1.83. The van der Waals surface area contributed by atoms with Gasteiger partial charge < -0.3 is 4.98 Å². The third kappa shape index (κ3) is 1.80. The molecular formula is C8H9BN2O. The summed E-state index contributed by atoms with van der Waals surface area (Å²) in [6, 6.07) is 1.82. The van der Waals surface area contributed by atoms with Crippen molar-refractivity contribution in [3.8, 4) is 0 Å². The van der Waals surface area contributed by atoms with Crippen LogP contribution in [0.3, 0.4) is 0 Å². The van der Waals surface area contributed by atoms with Crippen LogP contribution in [-0.2, 0) is 0 Å². The second-order valence-corrected chi connectivity index (χ2v) is 2.29. The molecule has 0 aliphatic rings. The number of rotatable bonds is 2. The first-order valence-corrected chi connectivity index (χ1v) is 3.44. The van der Waals surface area contributed by atoms with E-state index in [0.717, 1.165) is 10.6 Å². The Morgan fingerprint density at radius 3 is 3.00 bits per heavy atom. The Labute approximate surface area is 71.5 Å². The molecule has 12 heavy (non-hydrogen) atoms. The number of hydrogen-bond donors (Lipinski definition) is 3. The first-order valence-electron chi connectivity index (χ1n) is 3.44. The van der Waals surface area contributed by atoms with Crippen molar-refractivity contribution < 1.29 is 5.21 Å². The molecule has 0 aliphatic carbocycles. The zero-order valence-electron chi connectivity index (χ0n) is 6.54. The molecule has 1 heterocycles. The minimum Gasteiger partial charge on any atom is -0.362 e. The third-order valence-corrected chi connectivity index (χ3v) is 1.48. The smallest absolute Gasteiger partial charge is 0.114 e. The molecule has 0 atom stereocenters. The fourth-order valence-corrected chi connectivity index (χ4v) is 0.891. The van der Waals surface area contributed by atoms with Crippen molar-refractivity contribution in [2.45, 2.75) is 0 Å². The molecule has 60 valence electrons. The molecule has 3 nitrogen and oxygen atoms in total. The summed E-state index contributed by atoms with van der Waals surface area (Å²) in [6.07, 6.45) is 4.64. The van der Waals surface area contributed by atoms with Gasteiger partial charge in [-0.25, -0.2) is 0 Å². The summed E-state index contributed by atoms with van der Waals surface area (Å²) in [5.41, 5.74) is 2.41. The maximum absolute atomic E-state index is 8.25. The van der Waals surface area contributed by atoms with Crippen molar-refractivity contribution in [2.75, 3.05) is 0 Å². The number of hydroxylamine groups is 1. The molecule has 0 unspecified atom stereocenters. The number of nitrogens with one attached hydrogen (secondary N) is 2. The van der Waals surface area contributed by atoms with E-state index in [0.29, 0.717) is 5.47 Å². The lowest BCUT2D eigenvalue weighted by Gasteiger charge is -1.89. The fraction of sp³-hybridized carbons (Fsp3) is 0. The first-order chi connectivity index (χ1) is 5.75. The number of aromatic amines is 1. The highest BCUT2D eigenvalue weighted by Gasteiger charge is 1.86. The quantitative estimate of drug-likeness (QED) is 0.391. The predicted octanol–water partition coefficient (Wildman–Crippen LogP) is -0.806. The van der Waals surface area contributed by atoms with Crippen LogP contribution in [0.5, 0.6) is 0 Å². The largest absolute Gasteiger partial charge is 0.362 e. The first kappa shape index (κ1) is 8.68. The Kier molecular flexibility index (Phi) is 2.77. The predicted molar refractivity (Wildman–Crippen MR) is 48.8 cm³/mol. The van der Waals surface area contributed by atoms with E-state index in [1.165, 1.54) is 6.20 Å². The maximum Gasteiger partial charge on any atom is 0.114 e. The summed E-state index contributed by atoms with van der Waals surface area (Å²) in [4.78, 5) is 2.90. The second-order valence-electron chi connectivity index (χ2n) is 2.29. The molecule has 0 aliphatic heterocycles. The van der Waals surface area contributed by atoms with Crippen LogP contribution >= 0.6 is 0 Å². The Hall–Kier alpha value is -1.42. The number of H-pyrrole nitrogens is 1. The molecule has 0 amide bonds. The van der Waals surface area contributed by atoms with Gasteiger partial charge in [0, 0.05) is 17.7 Å². The minimum absolute atomic E-state index is 0.544. The van der Waals surface area contributed by atoms with Crippen LogP contribution in [0.4, 0.5) is 0 Å². The lowest BCUT2D eigenvalue weighted by atomic mass is 9.94. The van der Waals surface area contributed by atoms with E-state index in [1.54, 1.807) is 12.3 Å². The van der Waals surface area contributed by atoms with Crippen molar-refractivity contribution >= 4 is 19.9 Å². The fourth-order valence-electron chi connectivity index (χ4n) is 0.891. The topological polar surface area (TPSA) is 48.0 Å². The van der Waals surface area contributed by atoms with E-state index in [9.17, 15) is 0 Å². The van der Waals surface area contributed by atoms with Gasteiger partial charge in [0.25, 0.3) is 0 Å². The summed E-state index contributed by atoms with van der Waals surface area (Å²) >= 11 is 0. The molecule has 1 aromatic heterocycles. The molecule has 4 heteroatoms. The van der Waals surface area contributed by atoms with Crippen LogP contribution in [0.25, 0.3) is 12.1 Å². The standard InChI is InChI=1S/C8H9BN2O/c1-6-7(2-4-10-6)8(9)3-5-11-12/h2-5,10-12H,1H2. The molecule has 0 aromatic carbocycles. The average Bonchev–Trinajstić information content (AvgIpc) is 2.47. The zero-order valence-corrected chi connectivity index (χ0v) is 6.54. The second kappa shape index (κ2) is 3.83. The molecule has 1 rings (SSSR count). The summed E-state index contributed by atoms with van der Waals surface area (Å²) in [5, 5.41) is 9.85. The normalized spacial score (nSPS) is 13.4. The molecular weight excluding hydrogens is 151 g/mol. The van der Waals surface area contributed by atoms with E-state index in [4.69, 9.17) is 13.1 Å². The van der Waals surface area contributed by atoms with E-state index in [2.05, 4.69) is 11.6 Å². The zero-order chi connectivity index (χ0) is 8.97. The summed E-state index contributed by atoms with van der Waals surface area (Å²) < 4.78 is 0. The SMILES string of the molecule is [B]C(C=CNO)=c1cc[nH]c1=C. The summed E-state index contributed by atoms with van der Waals surface area (Å²) in [6.45, 7) is 3.74. The molecule has 0 fully saturated rings. The van der Waals surface area contributed by atoms with Crippen LogP contribution < -0.4 is 16.0 Å². The lowest BCUT2D eigenvalue weighted by Crippen LogP contribution is -2.22. The highest BCUT2D eigenvalue weighted by atomic mass is 16.5. The maximum atomic E-state index is 8.25. The molecule has 3 N–H and O–H groups in total. The Bertz CT molecular complexity index is 380. The van der Waals surface area contributed by atoms with Gasteiger partial charge in [0.1, 0.15) is 7.85 Å². The van der Waals surface area contributed by atoms with Crippen LogP contribution in [0.1, 0.15) is 0 Å². The Balaban J connectivity index is 3.16. The van der Waals surface area contributed by atoms with E-state index in [-0.39, 0.29) is 0 Å². The van der Waals surface area contributed by atoms with Gasteiger partial charge in [-0.15, -0.1) is 0 Å². The van der Waals surface area contributed by atoms with Crippen molar-refractivity contribution in [2.24, 2.45) is 0 Å². The third-order valence-electron chi connectivity index (χ3n) is 1.48. The van der Waals surface area contributed by atoms with E-state index < -0.39 is 0 Å². The van der Waals surface area contributed by atoms with Gasteiger partial charge in [-0.05, 0) is 11.3 Å². The summed E-state index contributed by atoms with van der Waals surface area (Å²) in [5.74, 6) is 0. The van der Waals surface area contributed by atoms with E-state index in [1.807, 2.05) is 11.5 Å². The molecule has 0 spiro atoms. The van der Waals surface area contributed by atoms with Crippen LogP contribution in [0.2, 0.25) is 0 Å². The van der Waals surface area contributed by atoms with Crippen LogP contribution in [-0.4, -0.2) is 18.0 Å². The van der Waals surface area contributed by atoms with Gasteiger partial charge in [-0.3, -0.25) is 10.7 Å². The molecule has 0 saturated carbocycles. The lowest BCUT2D eigenvalue weighted by molar-refractivity contribution is 0.214. The van der Waals surface area contributed by atoms with Gasteiger partial charge >= 0.3 is 0 Å². The van der Waals surface area contributed by atoms with Gasteiger partial charge in [-0.2, -0.15) is 0 Å².